The smallest absolute Gasteiger partial charge is 0.310 e. The van der Waals surface area contributed by atoms with E-state index in [-0.39, 0.29) is 0 Å². The molecule has 0 amide bonds. The lowest BCUT2D eigenvalue weighted by atomic mass is 9.93. The van der Waals surface area contributed by atoms with E-state index in [1.165, 1.54) is 0 Å². The first-order valence-electron chi connectivity index (χ1n) is 40.5. The molecule has 4 fully saturated rings. The first kappa shape index (κ1) is 89.0. The van der Waals surface area contributed by atoms with Crippen molar-refractivity contribution in [2.75, 3.05) is 138 Å². The van der Waals surface area contributed by atoms with Gasteiger partial charge in [0.1, 0.15) is 74.8 Å². The van der Waals surface area contributed by atoms with Crippen molar-refractivity contribution in [3.05, 3.63) is 202 Å². The summed E-state index contributed by atoms with van der Waals surface area (Å²) in [7, 11) is 1.64. The van der Waals surface area contributed by atoms with Crippen molar-refractivity contribution in [3.63, 3.8) is 0 Å². The number of hydrogen-bond acceptors (Lipinski definition) is 21. The molecular weight excluding hydrogens is 1800 g/mol. The van der Waals surface area contributed by atoms with Gasteiger partial charge in [-0.1, -0.05) is 87.5 Å². The number of benzene rings is 8. The van der Waals surface area contributed by atoms with E-state index in [9.17, 15) is 39.6 Å². The van der Waals surface area contributed by atoms with E-state index in [1.807, 2.05) is 115 Å². The Labute approximate surface area is 740 Å². The van der Waals surface area contributed by atoms with Gasteiger partial charge in [-0.2, -0.15) is 0 Å². The Balaban J connectivity index is 0.000000139. The first-order valence-corrected chi connectivity index (χ1v) is 43.7. The van der Waals surface area contributed by atoms with E-state index in [0.29, 0.717) is 31.9 Å². The van der Waals surface area contributed by atoms with Crippen molar-refractivity contribution < 1.29 is 63.3 Å². The number of piperazine rings is 4. The second-order valence-electron chi connectivity index (χ2n) is 34.3. The minimum absolute atomic E-state index is 0.520. The van der Waals surface area contributed by atoms with Crippen molar-refractivity contribution in [1.82, 2.24) is 39.2 Å². The molecule has 16 rings (SSSR count). The zero-order valence-corrected chi connectivity index (χ0v) is 76.7. The Bertz CT molecular complexity index is 5210. The summed E-state index contributed by atoms with van der Waals surface area (Å²) in [6.07, 6.45) is 0. The van der Waals surface area contributed by atoms with Crippen LogP contribution in [-0.4, -0.2) is 245 Å². The summed E-state index contributed by atoms with van der Waals surface area (Å²) in [5, 5.41) is 37.7. The van der Waals surface area contributed by atoms with Crippen LogP contribution in [0.4, 0.5) is 22.7 Å². The van der Waals surface area contributed by atoms with Crippen molar-refractivity contribution in [1.29, 1.82) is 0 Å². The monoisotopic (exact) mass is 1900 g/mol. The zero-order valence-electron chi connectivity index (χ0n) is 70.3. The average Bonchev–Trinajstić information content (AvgIpc) is 1.69. The molecule has 121 heavy (non-hydrogen) atoms. The van der Waals surface area contributed by atoms with Crippen LogP contribution in [0.3, 0.4) is 0 Å². The molecule has 4 N–H and O–H groups in total. The molecule has 8 aliphatic rings. The van der Waals surface area contributed by atoms with Crippen LogP contribution in [-0.2, 0) is 19.2 Å². The Kier molecular flexibility index (Phi) is 27.6. The van der Waals surface area contributed by atoms with E-state index in [2.05, 4.69) is 154 Å². The molecule has 0 aromatic heterocycles. The molecule has 638 valence electrons. The van der Waals surface area contributed by atoms with Crippen LogP contribution < -0.4 is 23.7 Å². The van der Waals surface area contributed by atoms with Crippen molar-refractivity contribution in [2.45, 2.75) is 76.2 Å². The molecule has 8 heterocycles. The number of aryl methyl sites for hydroxylation is 3. The molecule has 0 radical (unpaired) electrons. The van der Waals surface area contributed by atoms with Crippen molar-refractivity contribution >= 4 is 134 Å². The van der Waals surface area contributed by atoms with Gasteiger partial charge in [-0.05, 0) is 215 Å². The van der Waals surface area contributed by atoms with Gasteiger partial charge < -0.3 is 63.7 Å². The summed E-state index contributed by atoms with van der Waals surface area (Å²) < 4.78 is 34.1. The van der Waals surface area contributed by atoms with Gasteiger partial charge in [-0.25, -0.2) is 20.0 Å². The van der Waals surface area contributed by atoms with Gasteiger partial charge in [0.15, 0.2) is 23.0 Å². The van der Waals surface area contributed by atoms with Crippen LogP contribution in [0.1, 0.15) is 94.3 Å². The number of aliphatic carboxylic acids is 4. The fourth-order valence-corrected chi connectivity index (χ4v) is 16.8. The van der Waals surface area contributed by atoms with Gasteiger partial charge in [-0.15, -0.1) is 0 Å². The van der Waals surface area contributed by atoms with Gasteiger partial charge in [0.2, 0.25) is 0 Å². The lowest BCUT2D eigenvalue weighted by Crippen LogP contribution is -2.52. The fraction of sp³-hybridized carbons (Fsp3) is 0.391. The third kappa shape index (κ3) is 21.7. The maximum atomic E-state index is 11.5. The molecule has 8 aromatic rings. The van der Waals surface area contributed by atoms with E-state index < -0.39 is 45.5 Å². The van der Waals surface area contributed by atoms with Gasteiger partial charge in [0, 0.05) is 149 Å². The molecule has 4 saturated heterocycles. The predicted molar refractivity (Wildman–Crippen MR) is 486 cm³/mol. The molecule has 29 heteroatoms. The van der Waals surface area contributed by atoms with Crippen molar-refractivity contribution in [2.24, 2.45) is 41.6 Å². The minimum atomic E-state index is -0.777. The standard InChI is InChI=1S/C24H29N3O3.C23H26BrN3O4.C23H26BrN3O3.C22H23Br2N3O3/c1-16-6-8-20-19(13-16)25-22(18-7-5-17(2)14-21(18)30-20)27-11-9-26(10-12-27)15-24(3,4)23(28)29;1-23(2,22(28)29)14-26-8-10-27(11-9-26)21-17-13-16(30-3)5-7-19(17)31-20-6-4-15(24)12-18(20)25-21;1-15-4-6-19-17(12-15)21(25-18-13-16(24)5-7-20(18)30-19)27-10-8-26(9-11-27)14-23(2,3)22(28)29;1-22(2,21(28)29)13-26-7-9-27(10-8-26)20-16-5-3-15(24)12-19(16)30-18-6-4-14(23)11-17(18)25-20/h5-8,13-14H,9-12,15H2,1-4H3,(H,28,29);4-7,12-13H,8-11,14H2,1-3H3,(H,28,29);4-7,12-13H,8-11,14H2,1-3H3,(H,28,29);3-6,11-12H,7-10,13H2,1-2H3,(H,28,29). The number of carboxylic acids is 4. The fourth-order valence-electron chi connectivity index (χ4n) is 15.4. The molecule has 0 spiro atoms. The summed E-state index contributed by atoms with van der Waals surface area (Å²) >= 11 is 14.1. The maximum absolute atomic E-state index is 11.5. The van der Waals surface area contributed by atoms with Crippen LogP contribution in [0.2, 0.25) is 0 Å². The Morgan fingerprint density at radius 1 is 0.314 bits per heavy atom. The molecule has 0 saturated carbocycles. The average molecular weight is 1910 g/mol. The second kappa shape index (κ2) is 37.5. The quantitative estimate of drug-likeness (QED) is 0.0835. The predicted octanol–water partition coefficient (Wildman–Crippen LogP) is 18.4. The van der Waals surface area contributed by atoms with Crippen LogP contribution in [0, 0.1) is 42.4 Å². The van der Waals surface area contributed by atoms with E-state index in [1.54, 1.807) is 62.5 Å². The van der Waals surface area contributed by atoms with Crippen LogP contribution in [0.25, 0.3) is 0 Å². The van der Waals surface area contributed by atoms with Gasteiger partial charge >= 0.3 is 23.9 Å². The number of amidine groups is 4. The number of nitrogens with zero attached hydrogens (tertiary/aromatic N) is 12. The Morgan fingerprint density at radius 2 is 0.570 bits per heavy atom. The highest BCUT2D eigenvalue weighted by Gasteiger charge is 2.39. The normalized spacial score (nSPS) is 16.7. The number of carboxylic acid groups (broad SMARTS) is 4. The second-order valence-corrected chi connectivity index (χ2v) is 37.9. The highest BCUT2D eigenvalue weighted by molar-refractivity contribution is 9.11. The summed E-state index contributed by atoms with van der Waals surface area (Å²) in [6, 6.07) is 47.7. The van der Waals surface area contributed by atoms with Gasteiger partial charge in [0.25, 0.3) is 0 Å². The minimum Gasteiger partial charge on any atom is -0.497 e. The number of carbonyl (C=O) groups is 4. The number of aliphatic imine (C=N–C) groups is 4. The zero-order chi connectivity index (χ0) is 86.6. The molecule has 8 aliphatic heterocycles. The Hall–Kier alpha value is -9.72. The van der Waals surface area contributed by atoms with Crippen LogP contribution >= 0.6 is 63.7 Å². The molecule has 0 bridgehead atoms. The summed E-state index contributed by atoms with van der Waals surface area (Å²) in [5.41, 5.74) is 7.37. The largest absolute Gasteiger partial charge is 0.497 e. The van der Waals surface area contributed by atoms with Crippen molar-refractivity contribution in [3.8, 4) is 51.7 Å². The number of halogens is 4. The summed E-state index contributed by atoms with van der Waals surface area (Å²) in [6.45, 7) is 35.0. The highest BCUT2D eigenvalue weighted by Crippen LogP contribution is 2.46. The molecule has 8 aromatic carbocycles. The number of methoxy groups -OCH3 is 1. The number of ether oxygens (including phenoxy) is 5. The number of rotatable bonds is 13. The topological polar surface area (TPSA) is 271 Å². The number of hydrogen-bond donors (Lipinski definition) is 4. The third-order valence-electron chi connectivity index (χ3n) is 22.5. The molecule has 0 unspecified atom stereocenters. The summed E-state index contributed by atoms with van der Waals surface area (Å²) in [5.74, 6) is 7.26. The lowest BCUT2D eigenvalue weighted by molar-refractivity contribution is -0.149. The third-order valence-corrected chi connectivity index (χ3v) is 24.5. The van der Waals surface area contributed by atoms with Crippen LogP contribution in [0.15, 0.2) is 183 Å². The summed E-state index contributed by atoms with van der Waals surface area (Å²) in [4.78, 5) is 83.9. The van der Waals surface area contributed by atoms with Gasteiger partial charge in [0.05, 0.1) is 51.0 Å². The Morgan fingerprint density at radius 3 is 0.926 bits per heavy atom. The lowest BCUT2D eigenvalue weighted by Gasteiger charge is -2.39. The molecule has 25 nitrogen and oxygen atoms in total. The molecule has 0 atom stereocenters. The van der Waals surface area contributed by atoms with E-state index in [0.717, 1.165) is 254 Å². The van der Waals surface area contributed by atoms with Crippen LogP contribution in [0.5, 0.6) is 51.7 Å². The SMILES string of the molecule is CC(C)(CN1CCN(C2=Nc3cc(Br)ccc3Oc3cc(Br)ccc32)CC1)C(=O)O.COc1ccc2c(c1)C(N1CCN(CC(C)(C)C(=O)O)CC1)=Nc1cc(Br)ccc1O2.Cc1ccc2c(c1)C(N1CCN(CC(C)(C)C(=O)O)CC1)=Nc1cc(Br)ccc1O2.Cc1ccc2c(c1)N=C(N1CCN(CC(C)(C)C(=O)O)CC1)c1ccc(C)cc1O2. The van der Waals surface area contributed by atoms with E-state index >= 15 is 0 Å². The highest BCUT2D eigenvalue weighted by atomic mass is 79.9. The first-order chi connectivity index (χ1) is 57.4. The van der Waals surface area contributed by atoms with Gasteiger partial charge in [-0.3, -0.25) is 38.8 Å². The number of fused-ring (bicyclic) bond motifs is 8. The molecular formula is C92H104Br4N12O13. The maximum Gasteiger partial charge on any atom is 0.310 e. The van der Waals surface area contributed by atoms with E-state index in [4.69, 9.17) is 43.7 Å². The molecule has 0 aliphatic carbocycles.